The van der Waals surface area contributed by atoms with Gasteiger partial charge in [-0.25, -0.2) is 14.8 Å². The van der Waals surface area contributed by atoms with Crippen LogP contribution in [0.4, 0.5) is 0 Å². The third-order valence-corrected chi connectivity index (χ3v) is 10.3. The van der Waals surface area contributed by atoms with Gasteiger partial charge in [-0.3, -0.25) is 9.59 Å². The Bertz CT molecular complexity index is 1710. The number of benzene rings is 2. The first kappa shape index (κ1) is 35.7. The second-order valence-electron chi connectivity index (χ2n) is 13.6. The smallest absolute Gasteiger partial charge is 0.326 e. The SMILES string of the molecule is CCCCCCCOc1ccc(-c2cnc(-c3ccc(C[C@H](NC(=O)c4ccc(C(C)(C)C)s4)C(=O)N4CC[C@H]4C(=O)O)cc3)nc2)cc1. The zero-order valence-corrected chi connectivity index (χ0v) is 29.6. The first-order chi connectivity index (χ1) is 23.5. The van der Waals surface area contributed by atoms with Crippen LogP contribution < -0.4 is 10.1 Å². The van der Waals surface area contributed by atoms with E-state index in [2.05, 4.69) is 43.0 Å². The van der Waals surface area contributed by atoms with E-state index in [-0.39, 0.29) is 17.7 Å². The number of hydrogen-bond acceptors (Lipinski definition) is 7. The van der Waals surface area contributed by atoms with Gasteiger partial charge in [-0.2, -0.15) is 0 Å². The second kappa shape index (κ2) is 16.2. The number of aliphatic carboxylic acids is 1. The summed E-state index contributed by atoms with van der Waals surface area (Å²) in [6.45, 7) is 9.53. The highest BCUT2D eigenvalue weighted by Crippen LogP contribution is 2.30. The Morgan fingerprint density at radius 1 is 0.918 bits per heavy atom. The largest absolute Gasteiger partial charge is 0.494 e. The van der Waals surface area contributed by atoms with Crippen LogP contribution in [-0.4, -0.2) is 63.0 Å². The zero-order chi connectivity index (χ0) is 35.0. The predicted octanol–water partition coefficient (Wildman–Crippen LogP) is 7.55. The van der Waals surface area contributed by atoms with Crippen molar-refractivity contribution in [3.05, 3.63) is 88.4 Å². The molecule has 1 aliphatic rings. The van der Waals surface area contributed by atoms with Crippen molar-refractivity contribution < 1.29 is 24.2 Å². The van der Waals surface area contributed by atoms with E-state index in [0.717, 1.165) is 45.9 Å². The topological polar surface area (TPSA) is 122 Å². The van der Waals surface area contributed by atoms with E-state index < -0.39 is 24.0 Å². The van der Waals surface area contributed by atoms with Crippen molar-refractivity contribution >= 4 is 29.1 Å². The van der Waals surface area contributed by atoms with E-state index in [0.29, 0.717) is 23.7 Å². The number of carbonyl (C=O) groups is 3. The minimum Gasteiger partial charge on any atom is -0.494 e. The fourth-order valence-electron chi connectivity index (χ4n) is 5.69. The molecule has 1 saturated heterocycles. The molecule has 1 aliphatic heterocycles. The van der Waals surface area contributed by atoms with E-state index in [4.69, 9.17) is 4.74 Å². The molecule has 258 valence electrons. The number of carbonyl (C=O) groups excluding carboxylic acids is 2. The lowest BCUT2D eigenvalue weighted by molar-refractivity contribution is -0.158. The van der Waals surface area contributed by atoms with Crippen molar-refractivity contribution in [3.63, 3.8) is 0 Å². The highest BCUT2D eigenvalue weighted by molar-refractivity contribution is 7.14. The fraction of sp³-hybridized carbons (Fsp3) is 0.410. The number of amides is 2. The molecule has 0 bridgehead atoms. The monoisotopic (exact) mass is 682 g/mol. The van der Waals surface area contributed by atoms with E-state index >= 15 is 0 Å². The molecule has 0 saturated carbocycles. The standard InChI is InChI=1S/C39H46N4O5S/c1-5-6-7-8-9-22-48-30-16-14-27(15-17-30)29-24-40-35(41-25-29)28-12-10-26(11-13-28)23-31(37(45)43-21-20-32(43)38(46)47)42-36(44)33-18-19-34(49-33)39(2,3)4/h10-19,24-25,31-32H,5-9,20-23H2,1-4H3,(H,42,44)(H,46,47)/t31-,32-/m0/s1. The van der Waals surface area contributed by atoms with Crippen LogP contribution in [0.1, 0.15) is 86.3 Å². The molecule has 2 atom stereocenters. The lowest BCUT2D eigenvalue weighted by Crippen LogP contribution is -2.60. The number of hydrogen-bond donors (Lipinski definition) is 2. The van der Waals surface area contributed by atoms with Crippen LogP contribution in [0.25, 0.3) is 22.5 Å². The molecule has 0 spiro atoms. The summed E-state index contributed by atoms with van der Waals surface area (Å²) in [4.78, 5) is 50.6. The van der Waals surface area contributed by atoms with Gasteiger partial charge in [-0.1, -0.05) is 89.8 Å². The minimum absolute atomic E-state index is 0.107. The van der Waals surface area contributed by atoms with Crippen molar-refractivity contribution in [1.29, 1.82) is 0 Å². The van der Waals surface area contributed by atoms with Crippen molar-refractivity contribution in [2.45, 2.75) is 90.1 Å². The third-order valence-electron chi connectivity index (χ3n) is 8.77. The molecule has 3 heterocycles. The summed E-state index contributed by atoms with van der Waals surface area (Å²) >= 11 is 1.40. The number of aromatic nitrogens is 2. The Morgan fingerprint density at radius 2 is 1.59 bits per heavy atom. The number of likely N-dealkylation sites (tertiary alicyclic amines) is 1. The molecule has 9 nitrogen and oxygen atoms in total. The maximum atomic E-state index is 13.5. The Labute approximate surface area is 292 Å². The quantitative estimate of drug-likeness (QED) is 0.124. The Morgan fingerprint density at radius 3 is 2.18 bits per heavy atom. The van der Waals surface area contributed by atoms with Gasteiger partial charge in [0.25, 0.3) is 5.91 Å². The molecular formula is C39H46N4O5S. The van der Waals surface area contributed by atoms with Gasteiger partial charge in [0.1, 0.15) is 17.8 Å². The van der Waals surface area contributed by atoms with Gasteiger partial charge in [0, 0.05) is 41.4 Å². The molecule has 2 amide bonds. The number of unbranched alkanes of at least 4 members (excludes halogenated alkanes) is 4. The molecule has 2 aromatic heterocycles. The number of ether oxygens (including phenoxy) is 1. The van der Waals surface area contributed by atoms with Gasteiger partial charge < -0.3 is 20.1 Å². The molecule has 4 aromatic rings. The van der Waals surface area contributed by atoms with Gasteiger partial charge in [0.05, 0.1) is 11.5 Å². The lowest BCUT2D eigenvalue weighted by atomic mass is 9.95. The molecule has 2 N–H and O–H groups in total. The maximum absolute atomic E-state index is 13.5. The van der Waals surface area contributed by atoms with Gasteiger partial charge in [0.2, 0.25) is 5.91 Å². The summed E-state index contributed by atoms with van der Waals surface area (Å²) in [5, 5.41) is 12.5. The van der Waals surface area contributed by atoms with Crippen LogP contribution in [0.15, 0.2) is 73.1 Å². The minimum atomic E-state index is -1.04. The van der Waals surface area contributed by atoms with Crippen LogP contribution in [-0.2, 0) is 21.4 Å². The van der Waals surface area contributed by atoms with Gasteiger partial charge in [0.15, 0.2) is 5.82 Å². The fourth-order valence-corrected chi connectivity index (χ4v) is 6.66. The van der Waals surface area contributed by atoms with Crippen molar-refractivity contribution in [1.82, 2.24) is 20.2 Å². The molecular weight excluding hydrogens is 637 g/mol. The predicted molar refractivity (Wildman–Crippen MR) is 193 cm³/mol. The number of carboxylic acids is 1. The summed E-state index contributed by atoms with van der Waals surface area (Å²) in [6, 6.07) is 17.4. The van der Waals surface area contributed by atoms with Crippen LogP contribution in [0, 0.1) is 0 Å². The van der Waals surface area contributed by atoms with Crippen LogP contribution in [0.2, 0.25) is 0 Å². The average Bonchev–Trinajstić information content (AvgIpc) is 3.58. The molecule has 1 fully saturated rings. The van der Waals surface area contributed by atoms with E-state index in [1.165, 1.54) is 41.9 Å². The molecule has 2 aromatic carbocycles. The summed E-state index contributed by atoms with van der Waals surface area (Å²) in [6.07, 6.45) is 10.2. The van der Waals surface area contributed by atoms with Gasteiger partial charge in [-0.05, 0) is 53.6 Å². The van der Waals surface area contributed by atoms with Crippen LogP contribution in [0.3, 0.4) is 0 Å². The van der Waals surface area contributed by atoms with E-state index in [1.54, 1.807) is 18.5 Å². The molecule has 0 unspecified atom stereocenters. The lowest BCUT2D eigenvalue weighted by Gasteiger charge is -2.40. The average molecular weight is 683 g/mol. The summed E-state index contributed by atoms with van der Waals surface area (Å²) in [7, 11) is 0. The normalized spacial score (nSPS) is 14.9. The molecule has 10 heteroatoms. The summed E-state index contributed by atoms with van der Waals surface area (Å²) in [5.41, 5.74) is 3.42. The van der Waals surface area contributed by atoms with Crippen molar-refractivity contribution in [3.8, 4) is 28.3 Å². The first-order valence-corrected chi connectivity index (χ1v) is 17.9. The van der Waals surface area contributed by atoms with Crippen LogP contribution >= 0.6 is 11.3 Å². The zero-order valence-electron chi connectivity index (χ0n) is 28.8. The van der Waals surface area contributed by atoms with Crippen molar-refractivity contribution in [2.75, 3.05) is 13.2 Å². The van der Waals surface area contributed by atoms with Crippen molar-refractivity contribution in [2.24, 2.45) is 0 Å². The van der Waals surface area contributed by atoms with E-state index in [1.807, 2.05) is 54.6 Å². The highest BCUT2D eigenvalue weighted by Gasteiger charge is 2.40. The van der Waals surface area contributed by atoms with Gasteiger partial charge >= 0.3 is 5.97 Å². The highest BCUT2D eigenvalue weighted by atomic mass is 32.1. The van der Waals surface area contributed by atoms with Gasteiger partial charge in [-0.15, -0.1) is 11.3 Å². The molecule has 49 heavy (non-hydrogen) atoms. The molecule has 5 rings (SSSR count). The molecule has 0 aliphatic carbocycles. The summed E-state index contributed by atoms with van der Waals surface area (Å²) < 4.78 is 5.89. The third kappa shape index (κ3) is 9.32. The van der Waals surface area contributed by atoms with E-state index in [9.17, 15) is 19.5 Å². The number of carboxylic acid groups (broad SMARTS) is 1. The number of nitrogens with zero attached hydrogens (tertiary/aromatic N) is 3. The van der Waals surface area contributed by atoms with Crippen LogP contribution in [0.5, 0.6) is 5.75 Å². The second-order valence-corrected chi connectivity index (χ2v) is 14.7. The number of nitrogens with one attached hydrogen (secondary N) is 1. The number of rotatable bonds is 15. The first-order valence-electron chi connectivity index (χ1n) is 17.1. The number of thiophene rings is 1. The molecule has 0 radical (unpaired) electrons. The maximum Gasteiger partial charge on any atom is 0.326 e. The Kier molecular flexibility index (Phi) is 11.8. The Hall–Kier alpha value is -4.57. The summed E-state index contributed by atoms with van der Waals surface area (Å²) in [5.74, 6) is -0.367. The Balaban J connectivity index is 1.23.